The highest BCUT2D eigenvalue weighted by molar-refractivity contribution is 5.90. The summed E-state index contributed by atoms with van der Waals surface area (Å²) in [5, 5.41) is 11.3. The molecule has 31 heavy (non-hydrogen) atoms. The number of esters is 1. The van der Waals surface area contributed by atoms with Gasteiger partial charge in [-0.05, 0) is 32.8 Å². The number of aliphatic hydroxyl groups is 1. The zero-order valence-corrected chi connectivity index (χ0v) is 18.6. The van der Waals surface area contributed by atoms with Crippen molar-refractivity contribution >= 4 is 22.8 Å². The molecule has 1 saturated heterocycles. The van der Waals surface area contributed by atoms with Gasteiger partial charge in [0.1, 0.15) is 17.0 Å². The molecule has 1 aliphatic rings. The van der Waals surface area contributed by atoms with E-state index in [1.54, 1.807) is 0 Å². The van der Waals surface area contributed by atoms with Crippen molar-refractivity contribution in [3.05, 3.63) is 42.1 Å². The van der Waals surface area contributed by atoms with Gasteiger partial charge in [-0.25, -0.2) is 9.97 Å². The minimum absolute atomic E-state index is 0.294. The molecule has 1 aromatic carbocycles. The lowest BCUT2D eigenvalue weighted by atomic mass is 10.1. The van der Waals surface area contributed by atoms with Crippen molar-refractivity contribution in [1.29, 1.82) is 0 Å². The number of rotatable bonds is 6. The first-order chi connectivity index (χ1) is 15.0. The Labute approximate surface area is 182 Å². The van der Waals surface area contributed by atoms with E-state index in [-0.39, 0.29) is 5.97 Å². The van der Waals surface area contributed by atoms with Gasteiger partial charge in [0.15, 0.2) is 5.82 Å². The van der Waals surface area contributed by atoms with E-state index in [1.807, 2.05) is 44.2 Å². The molecule has 166 valence electrons. The molecule has 1 aliphatic heterocycles. The largest absolute Gasteiger partial charge is 0.468 e. The van der Waals surface area contributed by atoms with Crippen molar-refractivity contribution in [2.45, 2.75) is 38.8 Å². The Hall–Kier alpha value is -2.97. The second-order valence-corrected chi connectivity index (χ2v) is 7.96. The zero-order valence-electron chi connectivity index (χ0n) is 18.6. The first-order valence-corrected chi connectivity index (χ1v) is 10.5. The maximum atomic E-state index is 11.9. The number of aromatic nitrogens is 3. The molecule has 2 aromatic heterocycles. The summed E-state index contributed by atoms with van der Waals surface area (Å²) in [6, 6.07) is 12.1. The first kappa shape index (κ1) is 22.7. The minimum atomic E-state index is -0.773. The Morgan fingerprint density at radius 1 is 1.19 bits per heavy atom. The van der Waals surface area contributed by atoms with Crippen LogP contribution in [0.3, 0.4) is 0 Å². The van der Waals surface area contributed by atoms with Crippen molar-refractivity contribution in [2.24, 2.45) is 0 Å². The highest BCUT2D eigenvalue weighted by atomic mass is 16.5. The molecule has 0 atom stereocenters. The fourth-order valence-electron chi connectivity index (χ4n) is 3.67. The van der Waals surface area contributed by atoms with Crippen molar-refractivity contribution in [2.75, 3.05) is 32.2 Å². The summed E-state index contributed by atoms with van der Waals surface area (Å²) >= 11 is 0. The third-order valence-electron chi connectivity index (χ3n) is 5.38. The summed E-state index contributed by atoms with van der Waals surface area (Å²) in [5.41, 5.74) is 1.99. The fraction of sp³-hybridized carbons (Fsp3) is 0.435. The fourth-order valence-corrected chi connectivity index (χ4v) is 3.67. The van der Waals surface area contributed by atoms with E-state index in [0.717, 1.165) is 54.1 Å². The molecule has 0 aliphatic carbocycles. The predicted molar refractivity (Wildman–Crippen MR) is 122 cm³/mol. The number of methoxy groups -OCH3 is 1. The molecule has 8 heteroatoms. The topological polar surface area (TPSA) is 103 Å². The predicted octanol–water partition coefficient (Wildman–Crippen LogP) is 2.87. The summed E-state index contributed by atoms with van der Waals surface area (Å²) < 4.78 is 4.87. The number of carbonyl (C=O) groups excluding carboxylic acids is 1. The molecule has 0 spiro atoms. The quantitative estimate of drug-likeness (QED) is 0.522. The normalized spacial score (nSPS) is 13.8. The smallest absolute Gasteiger partial charge is 0.325 e. The Morgan fingerprint density at radius 3 is 2.52 bits per heavy atom. The van der Waals surface area contributed by atoms with Crippen molar-refractivity contribution in [3.63, 3.8) is 0 Å². The van der Waals surface area contributed by atoms with Gasteiger partial charge in [-0.1, -0.05) is 30.3 Å². The minimum Gasteiger partial charge on any atom is -0.468 e. The average molecular weight is 426 g/mol. The lowest BCUT2D eigenvalue weighted by molar-refractivity contribution is -0.147. The number of H-pyrrole nitrogens is 1. The summed E-state index contributed by atoms with van der Waals surface area (Å²) in [5.74, 6) is 1.40. The summed E-state index contributed by atoms with van der Waals surface area (Å²) in [4.78, 5) is 27.4. The lowest BCUT2D eigenvalue weighted by Gasteiger charge is -2.22. The summed E-state index contributed by atoms with van der Waals surface area (Å²) in [6.45, 7) is 6.14. The molecule has 3 N–H and O–H groups in total. The standard InChI is InChI=1S/C22H27N5O2.CH4O/c1-22(2,21(28)29-3)23-14-16-13-17-19(24-16)25-18(15-9-5-4-6-10-15)26-20(17)27-11-7-8-12-27;1-2/h4-6,9-10,13,23H,7-8,11-12,14H2,1-3H3,(H,24,25,26);2H,1H3. The maximum absolute atomic E-state index is 11.9. The molecular formula is C23H31N5O3. The number of fused-ring (bicyclic) bond motifs is 1. The first-order valence-electron chi connectivity index (χ1n) is 10.5. The van der Waals surface area contributed by atoms with E-state index in [2.05, 4.69) is 21.3 Å². The van der Waals surface area contributed by atoms with Gasteiger partial charge >= 0.3 is 5.97 Å². The van der Waals surface area contributed by atoms with Gasteiger partial charge in [-0.15, -0.1) is 0 Å². The van der Waals surface area contributed by atoms with Crippen LogP contribution in [-0.4, -0.2) is 58.9 Å². The second-order valence-electron chi connectivity index (χ2n) is 7.96. The van der Waals surface area contributed by atoms with Gasteiger partial charge < -0.3 is 19.7 Å². The van der Waals surface area contributed by atoms with E-state index in [9.17, 15) is 4.79 Å². The molecule has 4 rings (SSSR count). The SMILES string of the molecule is CO.COC(=O)C(C)(C)NCc1cc2c(N3CCCC3)nc(-c3ccccc3)nc2[nH]1. The molecule has 0 unspecified atom stereocenters. The van der Waals surface area contributed by atoms with Gasteiger partial charge in [0, 0.05) is 38.0 Å². The van der Waals surface area contributed by atoms with Crippen LogP contribution >= 0.6 is 0 Å². The number of nitrogens with one attached hydrogen (secondary N) is 2. The van der Waals surface area contributed by atoms with E-state index in [0.29, 0.717) is 6.54 Å². The Morgan fingerprint density at radius 2 is 1.87 bits per heavy atom. The van der Waals surface area contributed by atoms with Crippen molar-refractivity contribution < 1.29 is 14.6 Å². The van der Waals surface area contributed by atoms with Crippen molar-refractivity contribution in [1.82, 2.24) is 20.3 Å². The van der Waals surface area contributed by atoms with E-state index >= 15 is 0 Å². The second kappa shape index (κ2) is 9.89. The molecule has 0 bridgehead atoms. The van der Waals surface area contributed by atoms with Crippen LogP contribution in [0.15, 0.2) is 36.4 Å². The number of ether oxygens (including phenoxy) is 1. The van der Waals surface area contributed by atoms with Crippen molar-refractivity contribution in [3.8, 4) is 11.4 Å². The molecule has 0 saturated carbocycles. The van der Waals surface area contributed by atoms with Gasteiger partial charge in [-0.2, -0.15) is 0 Å². The van der Waals surface area contributed by atoms with Crippen LogP contribution in [-0.2, 0) is 16.1 Å². The number of anilines is 1. The number of hydrogen-bond donors (Lipinski definition) is 3. The number of benzene rings is 1. The van der Waals surface area contributed by atoms with Crippen LogP contribution < -0.4 is 10.2 Å². The van der Waals surface area contributed by atoms with Crippen LogP contribution in [0.25, 0.3) is 22.4 Å². The number of aliphatic hydroxyl groups excluding tert-OH is 1. The summed E-state index contributed by atoms with van der Waals surface area (Å²) in [6.07, 6.45) is 2.36. The van der Waals surface area contributed by atoms with Crippen LogP contribution in [0.5, 0.6) is 0 Å². The lowest BCUT2D eigenvalue weighted by Crippen LogP contribution is -2.47. The highest BCUT2D eigenvalue weighted by Gasteiger charge is 2.28. The molecule has 1 fully saturated rings. The van der Waals surface area contributed by atoms with E-state index < -0.39 is 5.54 Å². The number of aromatic amines is 1. The van der Waals surface area contributed by atoms with Gasteiger partial charge in [0.05, 0.1) is 12.5 Å². The third kappa shape index (κ3) is 5.03. The van der Waals surface area contributed by atoms with Crippen LogP contribution in [0.2, 0.25) is 0 Å². The van der Waals surface area contributed by atoms with E-state index in [4.69, 9.17) is 19.8 Å². The van der Waals surface area contributed by atoms with Gasteiger partial charge in [0.2, 0.25) is 0 Å². The number of carbonyl (C=O) groups is 1. The molecule has 8 nitrogen and oxygen atoms in total. The Balaban J connectivity index is 0.00000132. The van der Waals surface area contributed by atoms with Gasteiger partial charge in [-0.3, -0.25) is 10.1 Å². The Bertz CT molecular complexity index is 1010. The highest BCUT2D eigenvalue weighted by Crippen LogP contribution is 2.30. The molecule has 0 radical (unpaired) electrons. The molecular weight excluding hydrogens is 394 g/mol. The monoisotopic (exact) mass is 425 g/mol. The third-order valence-corrected chi connectivity index (χ3v) is 5.38. The van der Waals surface area contributed by atoms with E-state index in [1.165, 1.54) is 20.0 Å². The molecule has 0 amide bonds. The average Bonchev–Trinajstić information content (AvgIpc) is 3.48. The van der Waals surface area contributed by atoms with Crippen LogP contribution in [0, 0.1) is 0 Å². The maximum Gasteiger partial charge on any atom is 0.325 e. The van der Waals surface area contributed by atoms with Crippen LogP contribution in [0.1, 0.15) is 32.4 Å². The summed E-state index contributed by atoms with van der Waals surface area (Å²) in [7, 11) is 2.40. The van der Waals surface area contributed by atoms with Gasteiger partial charge in [0.25, 0.3) is 0 Å². The Kier molecular flexibility index (Phi) is 7.25. The zero-order chi connectivity index (χ0) is 22.4. The number of nitrogens with zero attached hydrogens (tertiary/aromatic N) is 3. The molecule has 3 aromatic rings. The van der Waals surface area contributed by atoms with Crippen LogP contribution in [0.4, 0.5) is 5.82 Å². The molecule has 3 heterocycles. The number of hydrogen-bond acceptors (Lipinski definition) is 7.